The zero-order valence-electron chi connectivity index (χ0n) is 9.17. The molecule has 98 valence electrons. The van der Waals surface area contributed by atoms with Crippen LogP contribution in [0.25, 0.3) is 0 Å². The van der Waals surface area contributed by atoms with Crippen LogP contribution in [0.5, 0.6) is 0 Å². The molecular formula is C11H10Br3NO3. The number of halogens is 3. The summed E-state index contributed by atoms with van der Waals surface area (Å²) >= 11 is 10.1. The minimum atomic E-state index is -0.892. The first-order valence-electron chi connectivity index (χ1n) is 5.06. The smallest absolute Gasteiger partial charge is 0.303 e. The summed E-state index contributed by atoms with van der Waals surface area (Å²) in [5, 5.41) is 11.2. The van der Waals surface area contributed by atoms with Crippen molar-refractivity contribution in [1.29, 1.82) is 0 Å². The summed E-state index contributed by atoms with van der Waals surface area (Å²) < 4.78 is 2.50. The highest BCUT2D eigenvalue weighted by Gasteiger charge is 2.08. The number of anilines is 1. The number of carbonyl (C=O) groups is 2. The lowest BCUT2D eigenvalue weighted by Crippen LogP contribution is -2.12. The topological polar surface area (TPSA) is 66.4 Å². The standard InChI is InChI=1S/C11H10Br3NO3/c12-7-4-6(5-8(13)11(7)14)15-9(16)2-1-3-10(17)18/h4-5H,1-3H2,(H,15,16)(H,17,18). The minimum absolute atomic E-state index is 0.00114. The molecule has 0 aliphatic heterocycles. The third-order valence-electron chi connectivity index (χ3n) is 2.06. The normalized spacial score (nSPS) is 10.2. The molecule has 0 saturated carbocycles. The van der Waals surface area contributed by atoms with Crippen LogP contribution in [0, 0.1) is 0 Å². The van der Waals surface area contributed by atoms with Gasteiger partial charge in [-0.3, -0.25) is 9.59 Å². The molecule has 0 aromatic heterocycles. The molecule has 0 bridgehead atoms. The molecular weight excluding hydrogens is 434 g/mol. The van der Waals surface area contributed by atoms with Gasteiger partial charge in [-0.05, 0) is 66.3 Å². The molecule has 0 aliphatic carbocycles. The van der Waals surface area contributed by atoms with Gasteiger partial charge in [0, 0.05) is 31.9 Å². The van der Waals surface area contributed by atoms with Gasteiger partial charge in [-0.25, -0.2) is 0 Å². The summed E-state index contributed by atoms with van der Waals surface area (Å²) in [6.07, 6.45) is 0.527. The summed E-state index contributed by atoms with van der Waals surface area (Å²) in [6, 6.07) is 3.54. The number of rotatable bonds is 5. The monoisotopic (exact) mass is 441 g/mol. The molecule has 1 aromatic carbocycles. The first-order chi connectivity index (χ1) is 8.40. The zero-order valence-corrected chi connectivity index (χ0v) is 13.9. The second-order valence-electron chi connectivity index (χ2n) is 3.55. The highest BCUT2D eigenvalue weighted by Crippen LogP contribution is 2.34. The predicted molar refractivity (Wildman–Crippen MR) is 79.7 cm³/mol. The molecule has 0 aliphatic rings. The van der Waals surface area contributed by atoms with Crippen molar-refractivity contribution in [3.05, 3.63) is 25.6 Å². The van der Waals surface area contributed by atoms with Gasteiger partial charge in [-0.2, -0.15) is 0 Å². The Balaban J connectivity index is 2.57. The Kier molecular flexibility index (Phi) is 6.31. The largest absolute Gasteiger partial charge is 0.481 e. The van der Waals surface area contributed by atoms with Crippen LogP contribution in [0.1, 0.15) is 19.3 Å². The molecule has 0 atom stereocenters. The minimum Gasteiger partial charge on any atom is -0.481 e. The summed E-state index contributed by atoms with van der Waals surface area (Å²) in [7, 11) is 0. The second kappa shape index (κ2) is 7.25. The van der Waals surface area contributed by atoms with Crippen molar-refractivity contribution in [2.45, 2.75) is 19.3 Å². The Morgan fingerprint density at radius 3 is 2.17 bits per heavy atom. The first-order valence-corrected chi connectivity index (χ1v) is 7.44. The van der Waals surface area contributed by atoms with Gasteiger partial charge in [0.05, 0.1) is 0 Å². The highest BCUT2D eigenvalue weighted by molar-refractivity contribution is 9.14. The molecule has 0 radical (unpaired) electrons. The maximum atomic E-state index is 11.6. The Bertz CT molecular complexity index is 454. The Hall–Kier alpha value is -0.400. The molecule has 18 heavy (non-hydrogen) atoms. The number of carbonyl (C=O) groups excluding carboxylic acids is 1. The summed E-state index contributed by atoms with van der Waals surface area (Å²) in [4.78, 5) is 21.9. The van der Waals surface area contributed by atoms with Gasteiger partial charge in [0.1, 0.15) is 0 Å². The van der Waals surface area contributed by atoms with Crippen molar-refractivity contribution in [3.8, 4) is 0 Å². The number of hydrogen-bond donors (Lipinski definition) is 2. The predicted octanol–water partition coefficient (Wildman–Crippen LogP) is 4.17. The third-order valence-corrected chi connectivity index (χ3v) is 5.23. The lowest BCUT2D eigenvalue weighted by molar-refractivity contribution is -0.137. The summed E-state index contributed by atoms with van der Waals surface area (Å²) in [5.74, 6) is -1.09. The van der Waals surface area contributed by atoms with Crippen molar-refractivity contribution in [2.75, 3.05) is 5.32 Å². The van der Waals surface area contributed by atoms with E-state index in [-0.39, 0.29) is 18.7 Å². The van der Waals surface area contributed by atoms with E-state index in [1.807, 2.05) is 0 Å². The quantitative estimate of drug-likeness (QED) is 0.671. The van der Waals surface area contributed by atoms with E-state index in [9.17, 15) is 9.59 Å². The van der Waals surface area contributed by atoms with E-state index >= 15 is 0 Å². The molecule has 1 aromatic rings. The molecule has 0 heterocycles. The number of nitrogens with one attached hydrogen (secondary N) is 1. The SMILES string of the molecule is O=C(O)CCCC(=O)Nc1cc(Br)c(Br)c(Br)c1. The van der Waals surface area contributed by atoms with Crippen LogP contribution < -0.4 is 5.32 Å². The third kappa shape index (κ3) is 5.07. The maximum Gasteiger partial charge on any atom is 0.303 e. The average Bonchev–Trinajstić information content (AvgIpc) is 2.25. The van der Waals surface area contributed by atoms with E-state index < -0.39 is 5.97 Å². The van der Waals surface area contributed by atoms with Gasteiger partial charge in [-0.15, -0.1) is 0 Å². The van der Waals surface area contributed by atoms with Crippen LogP contribution in [-0.4, -0.2) is 17.0 Å². The number of carboxylic acids is 1. The molecule has 0 saturated heterocycles. The van der Waals surface area contributed by atoms with Crippen LogP contribution in [0.4, 0.5) is 5.69 Å². The molecule has 0 unspecified atom stereocenters. The fraction of sp³-hybridized carbons (Fsp3) is 0.273. The van der Waals surface area contributed by atoms with Crippen LogP contribution in [0.15, 0.2) is 25.6 Å². The fourth-order valence-corrected chi connectivity index (χ4v) is 2.67. The molecule has 4 nitrogen and oxygen atoms in total. The van der Waals surface area contributed by atoms with Gasteiger partial charge in [0.25, 0.3) is 0 Å². The Labute approximate surface area is 130 Å². The van der Waals surface area contributed by atoms with Crippen LogP contribution in [0.2, 0.25) is 0 Å². The van der Waals surface area contributed by atoms with Crippen LogP contribution in [-0.2, 0) is 9.59 Å². The van der Waals surface area contributed by atoms with Gasteiger partial charge in [-0.1, -0.05) is 0 Å². The zero-order chi connectivity index (χ0) is 13.7. The van der Waals surface area contributed by atoms with E-state index in [0.717, 1.165) is 13.4 Å². The second-order valence-corrected chi connectivity index (χ2v) is 6.05. The van der Waals surface area contributed by atoms with Gasteiger partial charge in [0.15, 0.2) is 0 Å². The number of amides is 1. The number of aliphatic carboxylic acids is 1. The molecule has 0 spiro atoms. The van der Waals surface area contributed by atoms with E-state index in [0.29, 0.717) is 12.1 Å². The first kappa shape index (κ1) is 15.7. The number of benzene rings is 1. The Morgan fingerprint density at radius 1 is 1.11 bits per heavy atom. The van der Waals surface area contributed by atoms with Crippen LogP contribution >= 0.6 is 47.8 Å². The van der Waals surface area contributed by atoms with Crippen molar-refractivity contribution in [3.63, 3.8) is 0 Å². The van der Waals surface area contributed by atoms with Crippen molar-refractivity contribution >= 4 is 65.4 Å². The van der Waals surface area contributed by atoms with E-state index in [1.165, 1.54) is 0 Å². The van der Waals surface area contributed by atoms with Crippen molar-refractivity contribution in [1.82, 2.24) is 0 Å². The molecule has 1 rings (SSSR count). The number of hydrogen-bond acceptors (Lipinski definition) is 2. The van der Waals surface area contributed by atoms with Gasteiger partial charge in [0.2, 0.25) is 5.91 Å². The molecule has 2 N–H and O–H groups in total. The highest BCUT2D eigenvalue weighted by atomic mass is 79.9. The lowest BCUT2D eigenvalue weighted by Gasteiger charge is -2.07. The van der Waals surface area contributed by atoms with Crippen molar-refractivity contribution in [2.24, 2.45) is 0 Å². The van der Waals surface area contributed by atoms with Crippen LogP contribution in [0.3, 0.4) is 0 Å². The van der Waals surface area contributed by atoms with Crippen molar-refractivity contribution < 1.29 is 14.7 Å². The lowest BCUT2D eigenvalue weighted by atomic mass is 10.2. The summed E-state index contributed by atoms with van der Waals surface area (Å²) in [5.41, 5.74) is 0.650. The number of carboxylic acid groups (broad SMARTS) is 1. The van der Waals surface area contributed by atoms with Gasteiger partial charge < -0.3 is 10.4 Å². The summed E-state index contributed by atoms with van der Waals surface area (Å²) in [6.45, 7) is 0. The van der Waals surface area contributed by atoms with Gasteiger partial charge >= 0.3 is 5.97 Å². The Morgan fingerprint density at radius 2 is 1.67 bits per heavy atom. The molecule has 7 heteroatoms. The molecule has 1 amide bonds. The maximum absolute atomic E-state index is 11.6. The molecule has 0 fully saturated rings. The van der Waals surface area contributed by atoms with E-state index in [2.05, 4.69) is 53.1 Å². The van der Waals surface area contributed by atoms with E-state index in [1.54, 1.807) is 12.1 Å². The van der Waals surface area contributed by atoms with E-state index in [4.69, 9.17) is 5.11 Å². The average molecular weight is 444 g/mol. The fourth-order valence-electron chi connectivity index (χ4n) is 1.25.